The second-order valence-electron chi connectivity index (χ2n) is 6.27. The van der Waals surface area contributed by atoms with E-state index >= 15 is 0 Å². The summed E-state index contributed by atoms with van der Waals surface area (Å²) in [5.74, 6) is 0.248. The van der Waals surface area contributed by atoms with Crippen LogP contribution in [0.3, 0.4) is 0 Å². The molecule has 2 aromatic carbocycles. The van der Waals surface area contributed by atoms with Crippen molar-refractivity contribution in [1.29, 1.82) is 0 Å². The van der Waals surface area contributed by atoms with Gasteiger partial charge in [0.15, 0.2) is 0 Å². The molecule has 0 aliphatic heterocycles. The molecule has 1 heterocycles. The van der Waals surface area contributed by atoms with E-state index in [2.05, 4.69) is 63.0 Å². The fraction of sp³-hybridized carbons (Fsp3) is 0.278. The van der Waals surface area contributed by atoms with Crippen molar-refractivity contribution in [3.05, 3.63) is 52.5 Å². The van der Waals surface area contributed by atoms with Crippen molar-refractivity contribution < 1.29 is 9.90 Å². The van der Waals surface area contributed by atoms with Gasteiger partial charge in [-0.15, -0.1) is 10.2 Å². The van der Waals surface area contributed by atoms with E-state index in [1.54, 1.807) is 0 Å². The predicted octanol–water partition coefficient (Wildman–Crippen LogP) is 3.99. The van der Waals surface area contributed by atoms with E-state index in [1.165, 1.54) is 23.8 Å². The number of carboxylic acid groups (broad SMARTS) is 1. The second-order valence-corrected chi connectivity index (χ2v) is 7.61. The maximum atomic E-state index is 11.2. The average molecular weight is 418 g/mol. The van der Waals surface area contributed by atoms with Crippen LogP contribution in [0.25, 0.3) is 16.5 Å². The number of aromatic nitrogens is 3. The number of halogens is 1. The molecule has 1 aliphatic carbocycles. The lowest BCUT2D eigenvalue weighted by Crippen LogP contribution is -2.18. The molecule has 25 heavy (non-hydrogen) atoms. The van der Waals surface area contributed by atoms with Gasteiger partial charge >= 0.3 is 5.97 Å². The number of carboxylic acids is 1. The molecule has 0 amide bonds. The number of thiol groups is 1. The Bertz CT molecular complexity index is 968. The standard InChI is InChI=1S/C18H16BrN3O2S/c19-18-21-20-16(9-15(25)17(23)24)22(18)14-8-7-11(10-5-6-10)12-3-1-2-4-13(12)14/h1-4,7-8,10,15,25H,5-6,9H2,(H,23,24). The third kappa shape index (κ3) is 3.06. The van der Waals surface area contributed by atoms with Crippen molar-refractivity contribution in [1.82, 2.24) is 14.8 Å². The van der Waals surface area contributed by atoms with Gasteiger partial charge in [0.05, 0.1) is 5.69 Å². The Kier molecular flexibility index (Phi) is 4.29. The first kappa shape index (κ1) is 16.6. The molecule has 128 valence electrons. The molecule has 1 aliphatic rings. The SMILES string of the molecule is O=C(O)C(S)Cc1nnc(Br)n1-c1ccc(C2CC2)c2ccccc12. The zero-order valence-corrected chi connectivity index (χ0v) is 15.7. The summed E-state index contributed by atoms with van der Waals surface area (Å²) < 4.78 is 2.42. The van der Waals surface area contributed by atoms with Gasteiger partial charge in [0, 0.05) is 11.8 Å². The van der Waals surface area contributed by atoms with Gasteiger partial charge in [0.1, 0.15) is 11.1 Å². The summed E-state index contributed by atoms with van der Waals surface area (Å²) in [6, 6.07) is 12.5. The maximum Gasteiger partial charge on any atom is 0.316 e. The summed E-state index contributed by atoms with van der Waals surface area (Å²) in [6.45, 7) is 0. The lowest BCUT2D eigenvalue weighted by molar-refractivity contribution is -0.136. The number of nitrogens with zero attached hydrogens (tertiary/aromatic N) is 3. The van der Waals surface area contributed by atoms with Gasteiger partial charge in [-0.3, -0.25) is 9.36 Å². The molecule has 5 nitrogen and oxygen atoms in total. The van der Waals surface area contributed by atoms with Crippen molar-refractivity contribution >= 4 is 45.3 Å². The van der Waals surface area contributed by atoms with Gasteiger partial charge in [-0.1, -0.05) is 30.3 Å². The largest absolute Gasteiger partial charge is 0.480 e. The molecule has 1 aromatic heterocycles. The summed E-state index contributed by atoms with van der Waals surface area (Å²) in [6.07, 6.45) is 2.67. The van der Waals surface area contributed by atoms with E-state index in [4.69, 9.17) is 5.11 Å². The van der Waals surface area contributed by atoms with Gasteiger partial charge in [0.25, 0.3) is 0 Å². The fourth-order valence-electron chi connectivity index (χ4n) is 3.18. The number of fused-ring (bicyclic) bond motifs is 1. The topological polar surface area (TPSA) is 68.0 Å². The Morgan fingerprint density at radius 2 is 1.96 bits per heavy atom. The van der Waals surface area contributed by atoms with Crippen molar-refractivity contribution in [2.24, 2.45) is 0 Å². The highest BCUT2D eigenvalue weighted by molar-refractivity contribution is 9.10. The highest BCUT2D eigenvalue weighted by Gasteiger charge is 2.26. The van der Waals surface area contributed by atoms with Crippen LogP contribution < -0.4 is 0 Å². The van der Waals surface area contributed by atoms with Gasteiger partial charge in [-0.2, -0.15) is 12.6 Å². The lowest BCUT2D eigenvalue weighted by atomic mass is 9.99. The highest BCUT2D eigenvalue weighted by Crippen LogP contribution is 2.44. The Balaban J connectivity index is 1.87. The van der Waals surface area contributed by atoms with E-state index in [-0.39, 0.29) is 6.42 Å². The van der Waals surface area contributed by atoms with Gasteiger partial charge in [0.2, 0.25) is 4.73 Å². The van der Waals surface area contributed by atoms with Gasteiger partial charge in [-0.05, 0) is 51.7 Å². The Morgan fingerprint density at radius 1 is 1.24 bits per heavy atom. The van der Waals surface area contributed by atoms with Crippen LogP contribution in [0.1, 0.15) is 30.1 Å². The zero-order valence-electron chi connectivity index (χ0n) is 13.3. The Morgan fingerprint density at radius 3 is 2.64 bits per heavy atom. The molecule has 7 heteroatoms. The first-order chi connectivity index (χ1) is 12.1. The number of hydrogen-bond acceptors (Lipinski definition) is 4. The zero-order chi connectivity index (χ0) is 17.6. The molecule has 3 aromatic rings. The Hall–Kier alpha value is -1.86. The van der Waals surface area contributed by atoms with E-state index in [9.17, 15) is 4.79 Å². The van der Waals surface area contributed by atoms with Gasteiger partial charge < -0.3 is 5.11 Å². The normalized spacial score (nSPS) is 15.4. The van der Waals surface area contributed by atoms with Crippen LogP contribution in [-0.2, 0) is 11.2 Å². The van der Waals surface area contributed by atoms with Crippen LogP contribution in [0.4, 0.5) is 0 Å². The summed E-state index contributed by atoms with van der Waals surface area (Å²) in [7, 11) is 0. The molecule has 0 radical (unpaired) electrons. The number of aliphatic carboxylic acids is 1. The number of carbonyl (C=O) groups is 1. The molecule has 0 saturated heterocycles. The third-order valence-electron chi connectivity index (χ3n) is 4.54. The molecule has 1 saturated carbocycles. The van der Waals surface area contributed by atoms with E-state index in [0.717, 1.165) is 11.1 Å². The summed E-state index contributed by atoms with van der Waals surface area (Å²) in [4.78, 5) is 11.2. The highest BCUT2D eigenvalue weighted by atomic mass is 79.9. The van der Waals surface area contributed by atoms with Crippen molar-refractivity contribution in [3.63, 3.8) is 0 Å². The van der Waals surface area contributed by atoms with Crippen LogP contribution in [0, 0.1) is 0 Å². The van der Waals surface area contributed by atoms with E-state index in [0.29, 0.717) is 16.5 Å². The number of benzene rings is 2. The molecule has 0 bridgehead atoms. The average Bonchev–Trinajstić information content (AvgIpc) is 3.38. The number of hydrogen-bond donors (Lipinski definition) is 2. The third-order valence-corrected chi connectivity index (χ3v) is 5.46. The van der Waals surface area contributed by atoms with Crippen molar-refractivity contribution in [2.75, 3.05) is 0 Å². The minimum atomic E-state index is -0.969. The smallest absolute Gasteiger partial charge is 0.316 e. The Labute approximate surface area is 158 Å². The molecular formula is C18H16BrN3O2S. The molecular weight excluding hydrogens is 402 g/mol. The maximum absolute atomic E-state index is 11.2. The summed E-state index contributed by atoms with van der Waals surface area (Å²) >= 11 is 7.58. The lowest BCUT2D eigenvalue weighted by Gasteiger charge is -2.14. The van der Waals surface area contributed by atoms with Crippen LogP contribution in [-0.4, -0.2) is 31.1 Å². The van der Waals surface area contributed by atoms with Crippen LogP contribution in [0.5, 0.6) is 0 Å². The van der Waals surface area contributed by atoms with Gasteiger partial charge in [-0.25, -0.2) is 0 Å². The predicted molar refractivity (Wildman–Crippen MR) is 103 cm³/mol. The minimum absolute atomic E-state index is 0.190. The summed E-state index contributed by atoms with van der Waals surface area (Å²) in [5.41, 5.74) is 2.32. The molecule has 1 N–H and O–H groups in total. The second kappa shape index (κ2) is 6.46. The molecule has 4 rings (SSSR count). The quantitative estimate of drug-likeness (QED) is 0.615. The molecule has 1 fully saturated rings. The first-order valence-corrected chi connectivity index (χ1v) is 9.40. The van der Waals surface area contributed by atoms with E-state index < -0.39 is 11.2 Å². The monoisotopic (exact) mass is 417 g/mol. The first-order valence-electron chi connectivity index (χ1n) is 8.09. The van der Waals surface area contributed by atoms with Crippen molar-refractivity contribution in [2.45, 2.75) is 30.4 Å². The minimum Gasteiger partial charge on any atom is -0.480 e. The summed E-state index contributed by atoms with van der Waals surface area (Å²) in [5, 5.41) is 18.9. The molecule has 1 unspecified atom stereocenters. The van der Waals surface area contributed by atoms with Crippen LogP contribution in [0.15, 0.2) is 41.1 Å². The van der Waals surface area contributed by atoms with Crippen molar-refractivity contribution in [3.8, 4) is 5.69 Å². The fourth-order valence-corrected chi connectivity index (χ4v) is 3.82. The molecule has 1 atom stereocenters. The van der Waals surface area contributed by atoms with E-state index in [1.807, 2.05) is 16.7 Å². The van der Waals surface area contributed by atoms with Crippen LogP contribution in [0.2, 0.25) is 0 Å². The van der Waals surface area contributed by atoms with Crippen LogP contribution >= 0.6 is 28.6 Å². The number of rotatable bonds is 5. The molecule has 0 spiro atoms.